The summed E-state index contributed by atoms with van der Waals surface area (Å²) in [5.41, 5.74) is 0.902. The maximum absolute atomic E-state index is 12.2. The molecule has 0 saturated heterocycles. The molecule has 0 bridgehead atoms. The average Bonchev–Trinajstić information content (AvgIpc) is 2.42. The highest BCUT2D eigenvalue weighted by atomic mass is 35.5. The molecule has 106 valence electrons. The summed E-state index contributed by atoms with van der Waals surface area (Å²) in [5.74, 6) is -0.0952. The quantitative estimate of drug-likeness (QED) is 0.803. The molecule has 2 rings (SSSR count). The summed E-state index contributed by atoms with van der Waals surface area (Å²) in [5, 5.41) is 0.167. The predicted octanol–water partition coefficient (Wildman–Crippen LogP) is 3.77. The number of nitrogens with zero attached hydrogens (tertiary/aromatic N) is 1. The van der Waals surface area contributed by atoms with Crippen LogP contribution in [0.1, 0.15) is 11.4 Å². The second-order valence-corrected chi connectivity index (χ2v) is 6.39. The molecule has 1 heterocycles. The van der Waals surface area contributed by atoms with Crippen molar-refractivity contribution in [2.24, 2.45) is 0 Å². The van der Waals surface area contributed by atoms with Gasteiger partial charge in [-0.3, -0.25) is 4.98 Å². The van der Waals surface area contributed by atoms with Gasteiger partial charge in [0.15, 0.2) is 5.75 Å². The average molecular weight is 332 g/mol. The van der Waals surface area contributed by atoms with Crippen molar-refractivity contribution in [1.82, 2.24) is 4.98 Å². The number of aromatic nitrogens is 1. The van der Waals surface area contributed by atoms with Crippen LogP contribution < -0.4 is 4.18 Å². The van der Waals surface area contributed by atoms with Gasteiger partial charge in [-0.25, -0.2) is 0 Å². The molecule has 0 atom stereocenters. The molecule has 20 heavy (non-hydrogen) atoms. The highest BCUT2D eigenvalue weighted by molar-refractivity contribution is 7.87. The lowest BCUT2D eigenvalue weighted by Crippen LogP contribution is -2.11. The first-order valence-corrected chi connectivity index (χ1v) is 7.81. The number of hydrogen-bond donors (Lipinski definition) is 0. The van der Waals surface area contributed by atoms with E-state index in [4.69, 9.17) is 27.4 Å². The van der Waals surface area contributed by atoms with Crippen LogP contribution in [0.2, 0.25) is 10.0 Å². The Kier molecular flexibility index (Phi) is 4.22. The third kappa shape index (κ3) is 2.90. The van der Waals surface area contributed by atoms with E-state index < -0.39 is 10.1 Å². The van der Waals surface area contributed by atoms with Crippen LogP contribution in [0, 0.1) is 13.8 Å². The fourth-order valence-corrected chi connectivity index (χ4v) is 3.06. The van der Waals surface area contributed by atoms with Crippen molar-refractivity contribution in [3.8, 4) is 5.75 Å². The van der Waals surface area contributed by atoms with Crippen LogP contribution in [-0.4, -0.2) is 13.4 Å². The van der Waals surface area contributed by atoms with Gasteiger partial charge in [-0.1, -0.05) is 41.4 Å². The largest absolute Gasteiger partial charge is 0.376 e. The Bertz CT molecular complexity index is 720. The number of benzene rings is 1. The molecule has 0 radical (unpaired) electrons. The van der Waals surface area contributed by atoms with Gasteiger partial charge in [-0.15, -0.1) is 0 Å². The smallest absolute Gasteiger partial charge is 0.339 e. The molecule has 0 aliphatic heterocycles. The van der Waals surface area contributed by atoms with Crippen LogP contribution in [0.15, 0.2) is 35.2 Å². The standard InChI is InChI=1S/C13H11Cl2NO3S/c1-8-11(14)13(12(15)9(2)16-8)19-20(17,18)10-6-4-3-5-7-10/h3-7H,1-2H3. The third-order valence-corrected chi connectivity index (χ3v) is 4.72. The van der Waals surface area contributed by atoms with Gasteiger partial charge in [-0.05, 0) is 26.0 Å². The first kappa shape index (κ1) is 15.1. The first-order chi connectivity index (χ1) is 9.33. The van der Waals surface area contributed by atoms with Crippen molar-refractivity contribution in [3.05, 3.63) is 51.8 Å². The molecule has 2 aromatic rings. The minimum Gasteiger partial charge on any atom is -0.376 e. The molecule has 0 N–H and O–H groups in total. The lowest BCUT2D eigenvalue weighted by atomic mass is 10.3. The summed E-state index contributed by atoms with van der Waals surface area (Å²) in [7, 11) is -3.99. The van der Waals surface area contributed by atoms with E-state index in [-0.39, 0.29) is 20.7 Å². The van der Waals surface area contributed by atoms with Crippen molar-refractivity contribution in [1.29, 1.82) is 0 Å². The van der Waals surface area contributed by atoms with Gasteiger partial charge in [-0.2, -0.15) is 8.42 Å². The van der Waals surface area contributed by atoms with E-state index >= 15 is 0 Å². The summed E-state index contributed by atoms with van der Waals surface area (Å²) < 4.78 is 29.4. The monoisotopic (exact) mass is 331 g/mol. The zero-order valence-electron chi connectivity index (χ0n) is 10.7. The molecule has 0 aliphatic rings. The van der Waals surface area contributed by atoms with Gasteiger partial charge in [0, 0.05) is 0 Å². The van der Waals surface area contributed by atoms with Crippen molar-refractivity contribution >= 4 is 33.3 Å². The van der Waals surface area contributed by atoms with Gasteiger partial charge in [0.25, 0.3) is 0 Å². The fraction of sp³-hybridized carbons (Fsp3) is 0.154. The highest BCUT2D eigenvalue weighted by Gasteiger charge is 2.22. The molecule has 0 unspecified atom stereocenters. The first-order valence-electron chi connectivity index (χ1n) is 5.64. The van der Waals surface area contributed by atoms with Crippen LogP contribution >= 0.6 is 23.2 Å². The maximum Gasteiger partial charge on any atom is 0.339 e. The summed E-state index contributed by atoms with van der Waals surface area (Å²) in [6.45, 7) is 3.29. The summed E-state index contributed by atoms with van der Waals surface area (Å²) in [4.78, 5) is 4.12. The zero-order valence-corrected chi connectivity index (χ0v) is 13.1. The molecule has 0 fully saturated rings. The van der Waals surface area contributed by atoms with Crippen molar-refractivity contribution in [3.63, 3.8) is 0 Å². The second-order valence-electron chi connectivity index (χ2n) is 4.09. The van der Waals surface area contributed by atoms with Gasteiger partial charge in [0.1, 0.15) is 14.9 Å². The molecule has 1 aromatic heterocycles. The molecule has 0 aliphatic carbocycles. The molecule has 0 saturated carbocycles. The number of hydrogen-bond acceptors (Lipinski definition) is 4. The Hall–Kier alpha value is -1.30. The van der Waals surface area contributed by atoms with E-state index in [1.165, 1.54) is 12.1 Å². The van der Waals surface area contributed by atoms with Crippen LogP contribution in [0.3, 0.4) is 0 Å². The molecule has 0 spiro atoms. The van der Waals surface area contributed by atoms with E-state index in [0.29, 0.717) is 11.4 Å². The van der Waals surface area contributed by atoms with Gasteiger partial charge < -0.3 is 4.18 Å². The summed E-state index contributed by atoms with van der Waals surface area (Å²) in [6.07, 6.45) is 0. The third-order valence-electron chi connectivity index (χ3n) is 2.59. The molecule has 0 amide bonds. The van der Waals surface area contributed by atoms with Gasteiger partial charge in [0.2, 0.25) is 0 Å². The van der Waals surface area contributed by atoms with E-state index in [1.807, 2.05) is 0 Å². The second kappa shape index (κ2) is 5.60. The van der Waals surface area contributed by atoms with Crippen LogP contribution in [0.5, 0.6) is 5.75 Å². The minimum absolute atomic E-state index is 0.0271. The fourth-order valence-electron chi connectivity index (χ4n) is 1.59. The lowest BCUT2D eigenvalue weighted by Gasteiger charge is -2.12. The maximum atomic E-state index is 12.2. The van der Waals surface area contributed by atoms with Crippen LogP contribution in [0.25, 0.3) is 0 Å². The summed E-state index contributed by atoms with van der Waals surface area (Å²) in [6, 6.07) is 7.76. The van der Waals surface area contributed by atoms with Gasteiger partial charge in [0.05, 0.1) is 11.4 Å². The Morgan fingerprint density at radius 2 is 1.50 bits per heavy atom. The Morgan fingerprint density at radius 1 is 1.00 bits per heavy atom. The normalized spacial score (nSPS) is 11.4. The predicted molar refractivity (Wildman–Crippen MR) is 78.0 cm³/mol. The van der Waals surface area contributed by atoms with E-state index in [0.717, 1.165) is 0 Å². The zero-order chi connectivity index (χ0) is 14.9. The Morgan fingerprint density at radius 3 is 2.00 bits per heavy atom. The van der Waals surface area contributed by atoms with Gasteiger partial charge >= 0.3 is 10.1 Å². The van der Waals surface area contributed by atoms with Crippen molar-refractivity contribution in [2.75, 3.05) is 0 Å². The molecular weight excluding hydrogens is 321 g/mol. The SMILES string of the molecule is Cc1nc(C)c(Cl)c(OS(=O)(=O)c2ccccc2)c1Cl. The highest BCUT2D eigenvalue weighted by Crippen LogP contribution is 2.37. The Labute approximate surface area is 127 Å². The lowest BCUT2D eigenvalue weighted by molar-refractivity contribution is 0.485. The van der Waals surface area contributed by atoms with Crippen molar-refractivity contribution < 1.29 is 12.6 Å². The topological polar surface area (TPSA) is 56.3 Å². The molecular formula is C13H11Cl2NO3S. The van der Waals surface area contributed by atoms with Crippen molar-refractivity contribution in [2.45, 2.75) is 18.7 Å². The van der Waals surface area contributed by atoms with Crippen LogP contribution in [-0.2, 0) is 10.1 Å². The number of halogens is 2. The molecule has 7 heteroatoms. The number of aryl methyl sites for hydroxylation is 2. The molecule has 1 aromatic carbocycles. The molecule has 4 nitrogen and oxygen atoms in total. The Balaban J connectivity index is 2.51. The van der Waals surface area contributed by atoms with E-state index in [1.54, 1.807) is 32.0 Å². The minimum atomic E-state index is -3.99. The van der Waals surface area contributed by atoms with E-state index in [2.05, 4.69) is 4.98 Å². The van der Waals surface area contributed by atoms with Crippen LogP contribution in [0.4, 0.5) is 0 Å². The van der Waals surface area contributed by atoms with E-state index in [9.17, 15) is 8.42 Å². The summed E-state index contributed by atoms with van der Waals surface area (Å²) >= 11 is 12.1. The number of pyridine rings is 1. The number of rotatable bonds is 3.